The number of hydrogen-bond donors (Lipinski definition) is 3. The standard InChI is InChI=1S/C17H17FN2O5/c18-10-1-2-11-12(8-14(21)19-13(11)7-10)16(24)20-17(9-15(22)23)3-5-25-6-4-17/h1-2,7-8H,3-6,9H2,(H,19,21)(H,20,24)(H,22,23). The highest BCUT2D eigenvalue weighted by Gasteiger charge is 2.37. The Morgan fingerprint density at radius 1 is 1.28 bits per heavy atom. The molecule has 7 nitrogen and oxygen atoms in total. The highest BCUT2D eigenvalue weighted by Crippen LogP contribution is 2.26. The molecule has 0 radical (unpaired) electrons. The van der Waals surface area contributed by atoms with Gasteiger partial charge in [-0.15, -0.1) is 0 Å². The maximum absolute atomic E-state index is 13.4. The zero-order valence-corrected chi connectivity index (χ0v) is 13.3. The van der Waals surface area contributed by atoms with E-state index in [2.05, 4.69) is 10.3 Å². The number of benzene rings is 1. The van der Waals surface area contributed by atoms with E-state index in [-0.39, 0.29) is 17.5 Å². The third kappa shape index (κ3) is 3.69. The summed E-state index contributed by atoms with van der Waals surface area (Å²) in [7, 11) is 0. The number of fused-ring (bicyclic) bond motifs is 1. The van der Waals surface area contributed by atoms with Crippen LogP contribution in [0.1, 0.15) is 29.6 Å². The van der Waals surface area contributed by atoms with Crippen molar-refractivity contribution >= 4 is 22.8 Å². The molecule has 0 bridgehead atoms. The van der Waals surface area contributed by atoms with Gasteiger partial charge in [-0.3, -0.25) is 14.4 Å². The van der Waals surface area contributed by atoms with Crippen LogP contribution in [-0.4, -0.2) is 40.7 Å². The highest BCUT2D eigenvalue weighted by atomic mass is 19.1. The number of hydrogen-bond acceptors (Lipinski definition) is 4. The first kappa shape index (κ1) is 17.1. The third-order valence-electron chi connectivity index (χ3n) is 4.37. The number of H-pyrrole nitrogens is 1. The molecule has 1 fully saturated rings. The summed E-state index contributed by atoms with van der Waals surface area (Å²) in [4.78, 5) is 38.2. The van der Waals surface area contributed by atoms with Gasteiger partial charge in [-0.25, -0.2) is 4.39 Å². The maximum atomic E-state index is 13.4. The number of carbonyl (C=O) groups is 2. The van der Waals surface area contributed by atoms with Gasteiger partial charge in [0.15, 0.2) is 0 Å². The minimum Gasteiger partial charge on any atom is -0.481 e. The van der Waals surface area contributed by atoms with E-state index in [1.165, 1.54) is 12.1 Å². The number of carboxylic acid groups (broad SMARTS) is 1. The Morgan fingerprint density at radius 3 is 2.68 bits per heavy atom. The molecule has 1 saturated heterocycles. The highest BCUT2D eigenvalue weighted by molar-refractivity contribution is 6.06. The fourth-order valence-electron chi connectivity index (χ4n) is 3.13. The molecule has 0 unspecified atom stereocenters. The van der Waals surface area contributed by atoms with Crippen molar-refractivity contribution in [2.45, 2.75) is 24.8 Å². The minimum atomic E-state index is -1.03. The van der Waals surface area contributed by atoms with Gasteiger partial charge in [0.25, 0.3) is 5.91 Å². The molecule has 2 aromatic rings. The molecule has 3 N–H and O–H groups in total. The quantitative estimate of drug-likeness (QED) is 0.774. The number of pyridine rings is 1. The van der Waals surface area contributed by atoms with Crippen molar-refractivity contribution in [3.63, 3.8) is 0 Å². The van der Waals surface area contributed by atoms with Crippen LogP contribution in [-0.2, 0) is 9.53 Å². The van der Waals surface area contributed by atoms with Crippen LogP contribution in [0.15, 0.2) is 29.1 Å². The Balaban J connectivity index is 1.98. The van der Waals surface area contributed by atoms with Crippen LogP contribution in [0, 0.1) is 5.82 Å². The summed E-state index contributed by atoms with van der Waals surface area (Å²) >= 11 is 0. The molecular weight excluding hydrogens is 331 g/mol. The zero-order chi connectivity index (χ0) is 18.0. The van der Waals surface area contributed by atoms with Gasteiger partial charge < -0.3 is 20.1 Å². The summed E-state index contributed by atoms with van der Waals surface area (Å²) in [5, 5.41) is 12.3. The molecule has 1 amide bonds. The fourth-order valence-corrected chi connectivity index (χ4v) is 3.13. The molecule has 1 aliphatic heterocycles. The van der Waals surface area contributed by atoms with Crippen molar-refractivity contribution in [2.24, 2.45) is 0 Å². The second-order valence-corrected chi connectivity index (χ2v) is 6.15. The number of rotatable bonds is 4. The van der Waals surface area contributed by atoms with Crippen molar-refractivity contribution in [3.8, 4) is 0 Å². The first-order chi connectivity index (χ1) is 11.9. The molecule has 0 aliphatic carbocycles. The maximum Gasteiger partial charge on any atom is 0.305 e. The number of ether oxygens (including phenoxy) is 1. The first-order valence-corrected chi connectivity index (χ1v) is 7.83. The lowest BCUT2D eigenvalue weighted by atomic mass is 9.86. The van der Waals surface area contributed by atoms with Crippen LogP contribution in [0.3, 0.4) is 0 Å². The second-order valence-electron chi connectivity index (χ2n) is 6.15. The van der Waals surface area contributed by atoms with Gasteiger partial charge in [0.1, 0.15) is 5.82 Å². The summed E-state index contributed by atoms with van der Waals surface area (Å²) in [5.41, 5.74) is -1.19. The molecule has 8 heteroatoms. The van der Waals surface area contributed by atoms with E-state index < -0.39 is 28.8 Å². The number of halogens is 1. The van der Waals surface area contributed by atoms with E-state index in [1.807, 2.05) is 0 Å². The lowest BCUT2D eigenvalue weighted by molar-refractivity contribution is -0.139. The van der Waals surface area contributed by atoms with E-state index in [1.54, 1.807) is 0 Å². The summed E-state index contributed by atoms with van der Waals surface area (Å²) in [5.74, 6) is -2.13. The third-order valence-corrected chi connectivity index (χ3v) is 4.37. The van der Waals surface area contributed by atoms with Crippen molar-refractivity contribution in [3.05, 3.63) is 46.0 Å². The topological polar surface area (TPSA) is 108 Å². The van der Waals surface area contributed by atoms with Crippen LogP contribution in [0.4, 0.5) is 4.39 Å². The van der Waals surface area contributed by atoms with Crippen LogP contribution in [0.5, 0.6) is 0 Å². The van der Waals surface area contributed by atoms with Crippen LogP contribution < -0.4 is 10.9 Å². The molecule has 1 aromatic carbocycles. The van der Waals surface area contributed by atoms with Crippen LogP contribution in [0.25, 0.3) is 10.9 Å². The normalized spacial score (nSPS) is 16.5. The Morgan fingerprint density at radius 2 is 2.00 bits per heavy atom. The van der Waals surface area contributed by atoms with E-state index in [9.17, 15) is 23.9 Å². The summed E-state index contributed by atoms with van der Waals surface area (Å²) in [6.07, 6.45) is 0.486. The van der Waals surface area contributed by atoms with Gasteiger partial charge in [0.2, 0.25) is 5.56 Å². The molecule has 0 atom stereocenters. The van der Waals surface area contributed by atoms with Crippen molar-refractivity contribution in [1.29, 1.82) is 0 Å². The molecule has 1 aromatic heterocycles. The Kier molecular flexibility index (Phi) is 4.54. The Labute approximate surface area is 141 Å². The van der Waals surface area contributed by atoms with Gasteiger partial charge in [-0.05, 0) is 31.0 Å². The number of amides is 1. The Bertz CT molecular complexity index is 886. The number of nitrogens with one attached hydrogen (secondary N) is 2. The predicted molar refractivity (Wildman–Crippen MR) is 87.0 cm³/mol. The first-order valence-electron chi connectivity index (χ1n) is 7.83. The van der Waals surface area contributed by atoms with E-state index >= 15 is 0 Å². The van der Waals surface area contributed by atoms with Crippen LogP contribution >= 0.6 is 0 Å². The Hall–Kier alpha value is -2.74. The zero-order valence-electron chi connectivity index (χ0n) is 13.3. The lowest BCUT2D eigenvalue weighted by Gasteiger charge is -2.36. The predicted octanol–water partition coefficient (Wildman–Crippen LogP) is 1.42. The number of aliphatic carboxylic acids is 1. The van der Waals surface area contributed by atoms with Gasteiger partial charge in [0.05, 0.1) is 23.0 Å². The smallest absolute Gasteiger partial charge is 0.305 e. The lowest BCUT2D eigenvalue weighted by Crippen LogP contribution is -2.53. The summed E-state index contributed by atoms with van der Waals surface area (Å²) < 4.78 is 18.6. The van der Waals surface area contributed by atoms with Gasteiger partial charge >= 0.3 is 5.97 Å². The molecule has 1 aliphatic rings. The summed E-state index contributed by atoms with van der Waals surface area (Å²) in [6, 6.07) is 4.86. The number of aromatic nitrogens is 1. The van der Waals surface area contributed by atoms with Crippen molar-refractivity contribution in [1.82, 2.24) is 10.3 Å². The van der Waals surface area contributed by atoms with Crippen LogP contribution in [0.2, 0.25) is 0 Å². The average Bonchev–Trinajstić information content (AvgIpc) is 2.53. The monoisotopic (exact) mass is 348 g/mol. The molecular formula is C17H17FN2O5. The van der Waals surface area contributed by atoms with Gasteiger partial charge in [-0.1, -0.05) is 0 Å². The minimum absolute atomic E-state index is 0.0787. The molecule has 3 rings (SSSR count). The average molecular weight is 348 g/mol. The molecule has 0 saturated carbocycles. The van der Waals surface area contributed by atoms with Crippen molar-refractivity contribution in [2.75, 3.05) is 13.2 Å². The fraction of sp³-hybridized carbons (Fsp3) is 0.353. The molecule has 0 spiro atoms. The van der Waals surface area contributed by atoms with Gasteiger partial charge in [0, 0.05) is 24.7 Å². The molecule has 132 valence electrons. The number of carboxylic acids is 1. The van der Waals surface area contributed by atoms with Gasteiger partial charge in [-0.2, -0.15) is 0 Å². The molecule has 25 heavy (non-hydrogen) atoms. The SMILES string of the molecule is O=C(O)CC1(NC(=O)c2cc(=O)[nH]c3cc(F)ccc23)CCOCC1. The van der Waals surface area contributed by atoms with Crippen molar-refractivity contribution < 1.29 is 23.8 Å². The largest absolute Gasteiger partial charge is 0.481 e. The summed E-state index contributed by atoms with van der Waals surface area (Å²) in [6.45, 7) is 0.684. The van der Waals surface area contributed by atoms with E-state index in [0.29, 0.717) is 31.4 Å². The van der Waals surface area contributed by atoms with E-state index in [4.69, 9.17) is 4.74 Å². The molecule has 2 heterocycles. The second kappa shape index (κ2) is 6.64. The number of carbonyl (C=O) groups excluding carboxylic acids is 1. The van der Waals surface area contributed by atoms with E-state index in [0.717, 1.165) is 12.1 Å². The number of aromatic amines is 1.